The number of hydrogen-bond acceptors (Lipinski definition) is 8. The molecular weight excluding hydrogens is 414 g/mol. The summed E-state index contributed by atoms with van der Waals surface area (Å²) in [5.41, 5.74) is 3.02. The molecule has 1 fully saturated rings. The summed E-state index contributed by atoms with van der Waals surface area (Å²) >= 11 is 0. The smallest absolute Gasteiger partial charge is 0.263 e. The number of fused-ring (bicyclic) bond motifs is 1. The molecule has 10 nitrogen and oxygen atoms in total. The fraction of sp³-hybridized carbons (Fsp3) is 0.318. The molecule has 166 valence electrons. The Morgan fingerprint density at radius 1 is 1.00 bits per heavy atom. The van der Waals surface area contributed by atoms with Crippen LogP contribution in [0.25, 0.3) is 0 Å². The molecule has 0 unspecified atom stereocenters. The number of amides is 3. The molecule has 1 N–H and O–H groups in total. The Kier molecular flexibility index (Phi) is 5.52. The van der Waals surface area contributed by atoms with Crippen molar-refractivity contribution in [2.24, 2.45) is 10.3 Å². The highest BCUT2D eigenvalue weighted by Crippen LogP contribution is 2.36. The van der Waals surface area contributed by atoms with Crippen LogP contribution in [-0.2, 0) is 14.4 Å². The predicted molar refractivity (Wildman–Crippen MR) is 116 cm³/mol. The van der Waals surface area contributed by atoms with Crippen LogP contribution in [0.5, 0.6) is 11.5 Å². The second kappa shape index (κ2) is 8.29. The summed E-state index contributed by atoms with van der Waals surface area (Å²) in [4.78, 5) is 39.7. The molecule has 0 aliphatic carbocycles. The third-order valence-corrected chi connectivity index (χ3v) is 5.29. The number of ether oxygens (including phenoxy) is 2. The van der Waals surface area contributed by atoms with Gasteiger partial charge in [0.1, 0.15) is 6.54 Å². The topological polar surface area (TPSA) is 113 Å². The average Bonchev–Trinajstić information content (AvgIpc) is 3.26. The van der Waals surface area contributed by atoms with Gasteiger partial charge in [0, 0.05) is 11.8 Å². The number of rotatable bonds is 6. The standard InChI is InChI=1S/C22H23N5O5/c1-12-7-13(2)9-14(8-12)23-18(28)11-26-20-19(24-25-26)21(29)27(22(20)30)15-5-6-16(31-3)17(10-15)32-4/h5-10,19-20H,11H2,1-4H3,(H,23,28)/t19-,20-/m0/s1. The molecule has 2 aromatic carbocycles. The molecule has 0 radical (unpaired) electrons. The van der Waals surface area contributed by atoms with Gasteiger partial charge in [-0.3, -0.25) is 19.4 Å². The Morgan fingerprint density at radius 3 is 2.34 bits per heavy atom. The number of imide groups is 1. The summed E-state index contributed by atoms with van der Waals surface area (Å²) in [6, 6.07) is 8.48. The monoisotopic (exact) mass is 437 g/mol. The van der Waals surface area contributed by atoms with E-state index < -0.39 is 23.9 Å². The van der Waals surface area contributed by atoms with Crippen molar-refractivity contribution in [3.8, 4) is 11.5 Å². The summed E-state index contributed by atoms with van der Waals surface area (Å²) in [6.45, 7) is 3.66. The van der Waals surface area contributed by atoms with Crippen LogP contribution in [-0.4, -0.2) is 55.6 Å². The first-order valence-electron chi connectivity index (χ1n) is 9.97. The van der Waals surface area contributed by atoms with Gasteiger partial charge in [0.25, 0.3) is 11.8 Å². The molecule has 3 amide bonds. The largest absolute Gasteiger partial charge is 0.493 e. The van der Waals surface area contributed by atoms with Gasteiger partial charge in [-0.25, -0.2) is 4.90 Å². The third-order valence-electron chi connectivity index (χ3n) is 5.29. The van der Waals surface area contributed by atoms with E-state index in [1.54, 1.807) is 18.2 Å². The maximum atomic E-state index is 13.1. The number of carbonyl (C=O) groups excluding carboxylic acids is 3. The molecule has 2 heterocycles. The van der Waals surface area contributed by atoms with Crippen molar-refractivity contribution in [2.45, 2.75) is 25.9 Å². The van der Waals surface area contributed by atoms with Gasteiger partial charge in [0.05, 0.1) is 19.9 Å². The van der Waals surface area contributed by atoms with Crippen molar-refractivity contribution in [3.63, 3.8) is 0 Å². The maximum absolute atomic E-state index is 13.1. The van der Waals surface area contributed by atoms with Crippen LogP contribution in [0, 0.1) is 13.8 Å². The van der Waals surface area contributed by atoms with Crippen LogP contribution >= 0.6 is 0 Å². The molecule has 10 heteroatoms. The van der Waals surface area contributed by atoms with E-state index in [2.05, 4.69) is 15.7 Å². The van der Waals surface area contributed by atoms with Crippen molar-refractivity contribution in [3.05, 3.63) is 47.5 Å². The number of aryl methyl sites for hydroxylation is 2. The Morgan fingerprint density at radius 2 is 1.69 bits per heavy atom. The maximum Gasteiger partial charge on any atom is 0.263 e. The lowest BCUT2D eigenvalue weighted by Crippen LogP contribution is -2.43. The SMILES string of the molecule is COc1ccc(N2C(=O)[C@H]3N=NN(CC(=O)Nc4cc(C)cc(C)c4)[C@@H]3C2=O)cc1OC. The Balaban J connectivity index is 1.51. The predicted octanol–water partition coefficient (Wildman–Crippen LogP) is 2.25. The van der Waals surface area contributed by atoms with Crippen LogP contribution in [0.15, 0.2) is 46.7 Å². The number of carbonyl (C=O) groups is 3. The number of hydrogen-bond donors (Lipinski definition) is 1. The minimum absolute atomic E-state index is 0.212. The van der Waals surface area contributed by atoms with E-state index in [0.29, 0.717) is 22.9 Å². The average molecular weight is 437 g/mol. The fourth-order valence-corrected chi connectivity index (χ4v) is 3.97. The van der Waals surface area contributed by atoms with Gasteiger partial charge in [-0.1, -0.05) is 11.3 Å². The highest BCUT2D eigenvalue weighted by Gasteiger charge is 2.55. The van der Waals surface area contributed by atoms with E-state index in [4.69, 9.17) is 9.47 Å². The molecule has 2 atom stereocenters. The number of benzene rings is 2. The van der Waals surface area contributed by atoms with Gasteiger partial charge in [0.15, 0.2) is 23.6 Å². The number of anilines is 2. The lowest BCUT2D eigenvalue weighted by molar-refractivity contribution is -0.123. The van der Waals surface area contributed by atoms with Crippen LogP contribution in [0.4, 0.5) is 11.4 Å². The van der Waals surface area contributed by atoms with E-state index in [1.807, 2.05) is 32.0 Å². The number of methoxy groups -OCH3 is 2. The second-order valence-corrected chi connectivity index (χ2v) is 7.67. The van der Waals surface area contributed by atoms with Crippen LogP contribution in [0.3, 0.4) is 0 Å². The lowest BCUT2D eigenvalue weighted by Gasteiger charge is -2.21. The van der Waals surface area contributed by atoms with Crippen molar-refractivity contribution in [1.29, 1.82) is 0 Å². The summed E-state index contributed by atoms with van der Waals surface area (Å²) in [6.07, 6.45) is 0. The molecule has 2 aliphatic rings. The summed E-state index contributed by atoms with van der Waals surface area (Å²) < 4.78 is 10.5. The molecule has 2 aromatic rings. The summed E-state index contributed by atoms with van der Waals surface area (Å²) in [7, 11) is 2.96. The Labute approximate surface area is 184 Å². The quantitative estimate of drug-likeness (QED) is 0.694. The molecule has 0 bridgehead atoms. The summed E-state index contributed by atoms with van der Waals surface area (Å²) in [5.74, 6) is -0.516. The number of nitrogens with zero attached hydrogens (tertiary/aromatic N) is 4. The van der Waals surface area contributed by atoms with E-state index in [9.17, 15) is 14.4 Å². The molecule has 0 spiro atoms. The van der Waals surface area contributed by atoms with Crippen LogP contribution < -0.4 is 19.7 Å². The van der Waals surface area contributed by atoms with Crippen molar-refractivity contribution < 1.29 is 23.9 Å². The summed E-state index contributed by atoms with van der Waals surface area (Å²) in [5, 5.41) is 11.9. The first-order valence-corrected chi connectivity index (χ1v) is 9.97. The number of nitrogens with one attached hydrogen (secondary N) is 1. The third kappa shape index (κ3) is 3.75. The van der Waals surface area contributed by atoms with E-state index in [1.165, 1.54) is 19.2 Å². The highest BCUT2D eigenvalue weighted by atomic mass is 16.5. The normalized spacial score (nSPS) is 19.4. The first-order chi connectivity index (χ1) is 15.3. The molecule has 1 saturated heterocycles. The fourth-order valence-electron chi connectivity index (χ4n) is 3.97. The van der Waals surface area contributed by atoms with Crippen molar-refractivity contribution in [2.75, 3.05) is 31.0 Å². The van der Waals surface area contributed by atoms with Gasteiger partial charge in [-0.15, -0.1) is 0 Å². The lowest BCUT2D eigenvalue weighted by atomic mass is 10.1. The molecule has 32 heavy (non-hydrogen) atoms. The Hall–Kier alpha value is -3.95. The zero-order chi connectivity index (χ0) is 23.0. The van der Waals surface area contributed by atoms with E-state index in [0.717, 1.165) is 16.0 Å². The zero-order valence-electron chi connectivity index (χ0n) is 18.2. The molecule has 2 aliphatic heterocycles. The minimum atomic E-state index is -0.996. The Bertz CT molecular complexity index is 1110. The van der Waals surface area contributed by atoms with Crippen molar-refractivity contribution in [1.82, 2.24) is 5.01 Å². The molecule has 4 rings (SSSR count). The van der Waals surface area contributed by atoms with Gasteiger partial charge in [0.2, 0.25) is 5.91 Å². The molecular formula is C22H23N5O5. The minimum Gasteiger partial charge on any atom is -0.493 e. The van der Waals surface area contributed by atoms with E-state index >= 15 is 0 Å². The second-order valence-electron chi connectivity index (χ2n) is 7.67. The zero-order valence-corrected chi connectivity index (χ0v) is 18.2. The van der Waals surface area contributed by atoms with Crippen LogP contribution in [0.1, 0.15) is 11.1 Å². The van der Waals surface area contributed by atoms with Gasteiger partial charge in [-0.05, 0) is 49.2 Å². The van der Waals surface area contributed by atoms with Gasteiger partial charge in [-0.2, -0.15) is 5.11 Å². The molecule has 0 aromatic heterocycles. The molecule has 0 saturated carbocycles. The highest BCUT2D eigenvalue weighted by molar-refractivity contribution is 6.25. The van der Waals surface area contributed by atoms with Gasteiger partial charge >= 0.3 is 0 Å². The van der Waals surface area contributed by atoms with Gasteiger partial charge < -0.3 is 14.8 Å². The van der Waals surface area contributed by atoms with E-state index in [-0.39, 0.29) is 12.5 Å². The van der Waals surface area contributed by atoms with Crippen molar-refractivity contribution >= 4 is 29.1 Å². The van der Waals surface area contributed by atoms with Crippen LogP contribution in [0.2, 0.25) is 0 Å². The first kappa shape index (κ1) is 21.3.